The number of halogens is 1. The number of rotatable bonds is 5. The highest BCUT2D eigenvalue weighted by molar-refractivity contribution is 9.10. The Labute approximate surface area is 111 Å². The lowest BCUT2D eigenvalue weighted by atomic mass is 10.1. The van der Waals surface area contributed by atoms with Crippen molar-refractivity contribution < 1.29 is 4.79 Å². The van der Waals surface area contributed by atoms with Gasteiger partial charge >= 0.3 is 0 Å². The second-order valence-electron chi connectivity index (χ2n) is 4.56. The van der Waals surface area contributed by atoms with Gasteiger partial charge in [0, 0.05) is 16.7 Å². The molecule has 1 aliphatic rings. The minimum atomic E-state index is 0.245. The Bertz CT molecular complexity index is 417. The standard InChI is InChI=1S/C14H18BrNO/c1-2-3-4-5-8-16-13-7-6-12(15)9-11(13)10-14(16)17/h6-7,9H,2-5,8,10H2,1H3. The van der Waals surface area contributed by atoms with Crippen LogP contribution in [0.25, 0.3) is 0 Å². The summed E-state index contributed by atoms with van der Waals surface area (Å²) in [6.45, 7) is 3.07. The summed E-state index contributed by atoms with van der Waals surface area (Å²) in [6.07, 6.45) is 5.37. The molecule has 0 saturated carbocycles. The lowest BCUT2D eigenvalue weighted by molar-refractivity contribution is -0.117. The lowest BCUT2D eigenvalue weighted by Crippen LogP contribution is -2.27. The molecule has 1 heterocycles. The van der Waals surface area contributed by atoms with Crippen molar-refractivity contribution in [1.82, 2.24) is 0 Å². The van der Waals surface area contributed by atoms with E-state index in [1.807, 2.05) is 17.0 Å². The normalized spacial score (nSPS) is 14.2. The topological polar surface area (TPSA) is 20.3 Å². The Balaban J connectivity index is 2.02. The van der Waals surface area contributed by atoms with Gasteiger partial charge in [-0.1, -0.05) is 42.1 Å². The molecule has 92 valence electrons. The van der Waals surface area contributed by atoms with Crippen LogP contribution in [0.1, 0.15) is 38.2 Å². The van der Waals surface area contributed by atoms with Crippen molar-refractivity contribution in [2.75, 3.05) is 11.4 Å². The fourth-order valence-electron chi connectivity index (χ4n) is 2.29. The van der Waals surface area contributed by atoms with Crippen molar-refractivity contribution in [3.63, 3.8) is 0 Å². The van der Waals surface area contributed by atoms with Crippen molar-refractivity contribution in [1.29, 1.82) is 0 Å². The van der Waals surface area contributed by atoms with Crippen LogP contribution in [0.3, 0.4) is 0 Å². The predicted molar refractivity (Wildman–Crippen MR) is 74.3 cm³/mol. The number of unbranched alkanes of at least 4 members (excludes halogenated alkanes) is 3. The number of amides is 1. The summed E-state index contributed by atoms with van der Waals surface area (Å²) < 4.78 is 1.05. The largest absolute Gasteiger partial charge is 0.312 e. The van der Waals surface area contributed by atoms with E-state index in [1.54, 1.807) is 0 Å². The van der Waals surface area contributed by atoms with Crippen LogP contribution in [0.2, 0.25) is 0 Å². The van der Waals surface area contributed by atoms with Gasteiger partial charge in [-0.05, 0) is 30.2 Å². The van der Waals surface area contributed by atoms with Crippen molar-refractivity contribution in [2.45, 2.75) is 39.0 Å². The summed E-state index contributed by atoms with van der Waals surface area (Å²) >= 11 is 3.45. The van der Waals surface area contributed by atoms with Gasteiger partial charge in [0.15, 0.2) is 0 Å². The molecule has 1 aliphatic heterocycles. The first-order valence-electron chi connectivity index (χ1n) is 6.31. The van der Waals surface area contributed by atoms with Crippen LogP contribution in [0, 0.1) is 0 Å². The lowest BCUT2D eigenvalue weighted by Gasteiger charge is -2.17. The third kappa shape index (κ3) is 2.89. The van der Waals surface area contributed by atoms with Crippen molar-refractivity contribution in [3.05, 3.63) is 28.2 Å². The summed E-state index contributed by atoms with van der Waals surface area (Å²) in [5.41, 5.74) is 2.26. The van der Waals surface area contributed by atoms with E-state index in [4.69, 9.17) is 0 Å². The number of hydrogen-bond donors (Lipinski definition) is 0. The van der Waals surface area contributed by atoms with Crippen LogP contribution in [0.15, 0.2) is 22.7 Å². The van der Waals surface area contributed by atoms with Crippen molar-refractivity contribution >= 4 is 27.5 Å². The van der Waals surface area contributed by atoms with Crippen LogP contribution in [0.4, 0.5) is 5.69 Å². The zero-order valence-electron chi connectivity index (χ0n) is 10.2. The molecule has 1 aromatic carbocycles. The van der Waals surface area contributed by atoms with Gasteiger partial charge < -0.3 is 4.90 Å². The molecule has 3 heteroatoms. The van der Waals surface area contributed by atoms with Crippen LogP contribution in [-0.2, 0) is 11.2 Å². The Morgan fingerprint density at radius 1 is 1.29 bits per heavy atom. The minimum absolute atomic E-state index is 0.245. The maximum Gasteiger partial charge on any atom is 0.231 e. The first-order chi connectivity index (χ1) is 8.22. The Morgan fingerprint density at radius 3 is 2.88 bits per heavy atom. The zero-order chi connectivity index (χ0) is 12.3. The average molecular weight is 296 g/mol. The molecule has 0 bridgehead atoms. The average Bonchev–Trinajstić information content (AvgIpc) is 2.60. The highest BCUT2D eigenvalue weighted by Gasteiger charge is 2.26. The van der Waals surface area contributed by atoms with E-state index in [-0.39, 0.29) is 5.91 Å². The summed E-state index contributed by atoms with van der Waals surface area (Å²) in [5, 5.41) is 0. The molecular weight excluding hydrogens is 278 g/mol. The van der Waals surface area contributed by atoms with Gasteiger partial charge in [-0.15, -0.1) is 0 Å². The first kappa shape index (κ1) is 12.6. The molecule has 0 spiro atoms. The van der Waals surface area contributed by atoms with E-state index in [9.17, 15) is 4.79 Å². The van der Waals surface area contributed by atoms with Gasteiger partial charge in [0.05, 0.1) is 6.42 Å². The van der Waals surface area contributed by atoms with E-state index < -0.39 is 0 Å². The van der Waals surface area contributed by atoms with Crippen LogP contribution in [0.5, 0.6) is 0 Å². The third-order valence-electron chi connectivity index (χ3n) is 3.21. The zero-order valence-corrected chi connectivity index (χ0v) is 11.8. The molecule has 1 amide bonds. The monoisotopic (exact) mass is 295 g/mol. The summed E-state index contributed by atoms with van der Waals surface area (Å²) in [4.78, 5) is 13.9. The molecule has 0 fully saturated rings. The molecular formula is C14H18BrNO. The van der Waals surface area contributed by atoms with Crippen LogP contribution in [-0.4, -0.2) is 12.5 Å². The van der Waals surface area contributed by atoms with Gasteiger partial charge in [-0.2, -0.15) is 0 Å². The van der Waals surface area contributed by atoms with Crippen molar-refractivity contribution in [3.8, 4) is 0 Å². The summed E-state index contributed by atoms with van der Waals surface area (Å²) in [7, 11) is 0. The third-order valence-corrected chi connectivity index (χ3v) is 3.70. The molecule has 2 nitrogen and oxygen atoms in total. The number of nitrogens with zero attached hydrogens (tertiary/aromatic N) is 1. The SMILES string of the molecule is CCCCCCN1C(=O)Cc2cc(Br)ccc21. The fourth-order valence-corrected chi connectivity index (χ4v) is 2.70. The second-order valence-corrected chi connectivity index (χ2v) is 5.47. The molecule has 0 radical (unpaired) electrons. The molecule has 0 unspecified atom stereocenters. The maximum atomic E-state index is 11.9. The number of benzene rings is 1. The highest BCUT2D eigenvalue weighted by Crippen LogP contribution is 2.31. The van der Waals surface area contributed by atoms with Crippen LogP contribution >= 0.6 is 15.9 Å². The van der Waals surface area contributed by atoms with Gasteiger partial charge in [0.1, 0.15) is 0 Å². The molecule has 2 rings (SSSR count). The molecule has 17 heavy (non-hydrogen) atoms. The van der Waals surface area contributed by atoms with E-state index in [1.165, 1.54) is 19.3 Å². The van der Waals surface area contributed by atoms with Gasteiger partial charge in [-0.25, -0.2) is 0 Å². The summed E-state index contributed by atoms with van der Waals surface area (Å²) in [5.74, 6) is 0.245. The van der Waals surface area contributed by atoms with Gasteiger partial charge in [0.25, 0.3) is 0 Å². The quantitative estimate of drug-likeness (QED) is 0.754. The number of fused-ring (bicyclic) bond motifs is 1. The fraction of sp³-hybridized carbons (Fsp3) is 0.500. The maximum absolute atomic E-state index is 11.9. The molecule has 0 aliphatic carbocycles. The number of hydrogen-bond acceptors (Lipinski definition) is 1. The summed E-state index contributed by atoms with van der Waals surface area (Å²) in [6, 6.07) is 6.11. The highest BCUT2D eigenvalue weighted by atomic mass is 79.9. The molecule has 1 aromatic rings. The molecule has 0 saturated heterocycles. The van der Waals surface area contributed by atoms with E-state index in [0.29, 0.717) is 6.42 Å². The van der Waals surface area contributed by atoms with Crippen LogP contribution < -0.4 is 4.90 Å². The predicted octanol–water partition coefficient (Wildman–Crippen LogP) is 3.92. The first-order valence-corrected chi connectivity index (χ1v) is 7.10. The van der Waals surface area contributed by atoms with E-state index in [0.717, 1.165) is 28.7 Å². The minimum Gasteiger partial charge on any atom is -0.312 e. The Hall–Kier alpha value is -0.830. The molecule has 0 atom stereocenters. The smallest absolute Gasteiger partial charge is 0.231 e. The molecule has 0 N–H and O–H groups in total. The Morgan fingerprint density at radius 2 is 2.12 bits per heavy atom. The van der Waals surface area contributed by atoms with E-state index in [2.05, 4.69) is 28.9 Å². The number of carbonyl (C=O) groups is 1. The van der Waals surface area contributed by atoms with Gasteiger partial charge in [-0.3, -0.25) is 4.79 Å². The van der Waals surface area contributed by atoms with E-state index >= 15 is 0 Å². The number of carbonyl (C=O) groups excluding carboxylic acids is 1. The number of anilines is 1. The second kappa shape index (κ2) is 5.67. The molecule has 0 aromatic heterocycles. The Kier molecular flexibility index (Phi) is 4.21. The van der Waals surface area contributed by atoms with Gasteiger partial charge in [0.2, 0.25) is 5.91 Å². The van der Waals surface area contributed by atoms with Crippen molar-refractivity contribution in [2.24, 2.45) is 0 Å².